The van der Waals surface area contributed by atoms with Gasteiger partial charge in [-0.05, 0) is 17.5 Å². The number of urea groups is 1. The summed E-state index contributed by atoms with van der Waals surface area (Å²) in [5, 5.41) is 13.2. The predicted molar refractivity (Wildman–Crippen MR) is 75.6 cm³/mol. The van der Waals surface area contributed by atoms with Crippen LogP contribution in [-0.4, -0.2) is 40.6 Å². The summed E-state index contributed by atoms with van der Waals surface area (Å²) in [7, 11) is 1.56. The molecule has 6 nitrogen and oxygen atoms in total. The highest BCUT2D eigenvalue weighted by atomic mass is 16.4. The fourth-order valence-electron chi connectivity index (χ4n) is 1.80. The van der Waals surface area contributed by atoms with Crippen LogP contribution in [0.25, 0.3) is 10.8 Å². The summed E-state index contributed by atoms with van der Waals surface area (Å²) in [6, 6.07) is 7.07. The zero-order valence-electron chi connectivity index (χ0n) is 11.0. The Morgan fingerprint density at radius 2 is 2.15 bits per heavy atom. The van der Waals surface area contributed by atoms with E-state index >= 15 is 0 Å². The van der Waals surface area contributed by atoms with Gasteiger partial charge in [0.1, 0.15) is 0 Å². The average molecular weight is 273 g/mol. The van der Waals surface area contributed by atoms with Crippen LogP contribution in [0, 0.1) is 0 Å². The number of anilines is 1. The first-order valence-electron chi connectivity index (χ1n) is 6.14. The fourth-order valence-corrected chi connectivity index (χ4v) is 1.80. The van der Waals surface area contributed by atoms with E-state index in [0.29, 0.717) is 5.69 Å². The van der Waals surface area contributed by atoms with Crippen molar-refractivity contribution in [1.82, 2.24) is 9.88 Å². The summed E-state index contributed by atoms with van der Waals surface area (Å²) >= 11 is 0. The smallest absolute Gasteiger partial charge is 0.321 e. The van der Waals surface area contributed by atoms with Crippen LogP contribution >= 0.6 is 0 Å². The van der Waals surface area contributed by atoms with Gasteiger partial charge in [0.15, 0.2) is 0 Å². The fraction of sp³-hybridized carbons (Fsp3) is 0.214. The molecule has 0 bridgehead atoms. The van der Waals surface area contributed by atoms with E-state index in [1.807, 2.05) is 18.2 Å². The molecule has 0 atom stereocenters. The van der Waals surface area contributed by atoms with Gasteiger partial charge in [-0.3, -0.25) is 9.78 Å². The van der Waals surface area contributed by atoms with Crippen molar-refractivity contribution in [2.45, 2.75) is 6.42 Å². The molecular weight excluding hydrogens is 258 g/mol. The lowest BCUT2D eigenvalue weighted by Crippen LogP contribution is -2.33. The number of hydrogen-bond donors (Lipinski definition) is 2. The first-order valence-corrected chi connectivity index (χ1v) is 6.14. The van der Waals surface area contributed by atoms with Crippen molar-refractivity contribution in [2.75, 3.05) is 18.9 Å². The number of pyridine rings is 1. The molecule has 0 aliphatic heterocycles. The zero-order valence-corrected chi connectivity index (χ0v) is 11.0. The highest BCUT2D eigenvalue weighted by Crippen LogP contribution is 2.22. The Kier molecular flexibility index (Phi) is 4.14. The molecule has 0 radical (unpaired) electrons. The lowest BCUT2D eigenvalue weighted by molar-refractivity contribution is -0.137. The maximum Gasteiger partial charge on any atom is 0.321 e. The van der Waals surface area contributed by atoms with Crippen molar-refractivity contribution < 1.29 is 14.7 Å². The minimum absolute atomic E-state index is 0.0823. The van der Waals surface area contributed by atoms with Gasteiger partial charge in [0.05, 0.1) is 12.1 Å². The molecule has 0 saturated heterocycles. The number of carbonyl (C=O) groups excluding carboxylic acids is 1. The molecule has 0 saturated carbocycles. The SMILES string of the molecule is CN(CCC(=O)O)C(=O)Nc1cccc2ccncc12. The molecule has 2 N–H and O–H groups in total. The lowest BCUT2D eigenvalue weighted by atomic mass is 10.1. The van der Waals surface area contributed by atoms with Crippen molar-refractivity contribution in [3.05, 3.63) is 36.7 Å². The van der Waals surface area contributed by atoms with E-state index in [-0.39, 0.29) is 19.0 Å². The molecule has 1 heterocycles. The molecule has 104 valence electrons. The predicted octanol–water partition coefficient (Wildman–Crippen LogP) is 2.17. The second-order valence-electron chi connectivity index (χ2n) is 4.40. The van der Waals surface area contributed by atoms with E-state index in [1.54, 1.807) is 25.5 Å². The number of nitrogens with one attached hydrogen (secondary N) is 1. The van der Waals surface area contributed by atoms with Crippen LogP contribution < -0.4 is 5.32 Å². The van der Waals surface area contributed by atoms with Crippen LogP contribution in [0.5, 0.6) is 0 Å². The van der Waals surface area contributed by atoms with Gasteiger partial charge >= 0.3 is 12.0 Å². The quantitative estimate of drug-likeness (QED) is 0.894. The van der Waals surface area contributed by atoms with E-state index in [2.05, 4.69) is 10.3 Å². The van der Waals surface area contributed by atoms with Crippen LogP contribution in [0.1, 0.15) is 6.42 Å². The first kappa shape index (κ1) is 13.8. The number of fused-ring (bicyclic) bond motifs is 1. The molecule has 0 fully saturated rings. The maximum absolute atomic E-state index is 12.0. The Morgan fingerprint density at radius 1 is 1.35 bits per heavy atom. The molecule has 0 unspecified atom stereocenters. The summed E-state index contributed by atoms with van der Waals surface area (Å²) in [6.07, 6.45) is 3.29. The minimum atomic E-state index is -0.931. The van der Waals surface area contributed by atoms with Crippen LogP contribution in [0.15, 0.2) is 36.7 Å². The van der Waals surface area contributed by atoms with Crippen molar-refractivity contribution in [2.24, 2.45) is 0 Å². The molecule has 0 aliphatic rings. The molecule has 6 heteroatoms. The third-order valence-corrected chi connectivity index (χ3v) is 2.93. The molecule has 0 aliphatic carbocycles. The van der Waals surface area contributed by atoms with Gasteiger partial charge in [-0.2, -0.15) is 0 Å². The molecule has 2 aromatic rings. The number of amides is 2. The number of nitrogens with zero attached hydrogens (tertiary/aromatic N) is 2. The van der Waals surface area contributed by atoms with Crippen LogP contribution in [0.2, 0.25) is 0 Å². The number of aromatic nitrogens is 1. The van der Waals surface area contributed by atoms with Crippen molar-refractivity contribution in [3.8, 4) is 0 Å². The van der Waals surface area contributed by atoms with E-state index in [4.69, 9.17) is 5.11 Å². The second-order valence-corrected chi connectivity index (χ2v) is 4.40. The van der Waals surface area contributed by atoms with Gasteiger partial charge in [-0.15, -0.1) is 0 Å². The molecule has 0 spiro atoms. The number of rotatable bonds is 4. The van der Waals surface area contributed by atoms with Gasteiger partial charge in [0, 0.05) is 31.4 Å². The largest absolute Gasteiger partial charge is 0.481 e. The Hall–Kier alpha value is -2.63. The molecule has 20 heavy (non-hydrogen) atoms. The number of carbonyl (C=O) groups is 2. The Bertz CT molecular complexity index is 637. The Morgan fingerprint density at radius 3 is 2.90 bits per heavy atom. The molecule has 2 rings (SSSR count). The molecule has 1 aromatic carbocycles. The van der Waals surface area contributed by atoms with Gasteiger partial charge in [0.25, 0.3) is 0 Å². The standard InChI is InChI=1S/C14H15N3O3/c1-17(8-6-13(18)19)14(20)16-12-4-2-3-10-5-7-15-9-11(10)12/h2-5,7,9H,6,8H2,1H3,(H,16,20)(H,18,19). The van der Waals surface area contributed by atoms with E-state index < -0.39 is 5.97 Å². The highest BCUT2D eigenvalue weighted by Gasteiger charge is 2.11. The first-order chi connectivity index (χ1) is 9.58. The summed E-state index contributed by atoms with van der Waals surface area (Å²) in [6.45, 7) is 0.157. The Labute approximate surface area is 116 Å². The van der Waals surface area contributed by atoms with Crippen molar-refractivity contribution in [1.29, 1.82) is 0 Å². The van der Waals surface area contributed by atoms with Gasteiger partial charge in [-0.25, -0.2) is 4.79 Å². The van der Waals surface area contributed by atoms with Gasteiger partial charge in [-0.1, -0.05) is 12.1 Å². The summed E-state index contributed by atoms with van der Waals surface area (Å²) in [5.74, 6) is -0.931. The summed E-state index contributed by atoms with van der Waals surface area (Å²) < 4.78 is 0. The highest BCUT2D eigenvalue weighted by molar-refractivity contribution is 6.01. The average Bonchev–Trinajstić information content (AvgIpc) is 2.45. The second kappa shape index (κ2) is 6.01. The van der Waals surface area contributed by atoms with E-state index in [1.165, 1.54) is 4.90 Å². The van der Waals surface area contributed by atoms with E-state index in [0.717, 1.165) is 10.8 Å². The van der Waals surface area contributed by atoms with Crippen molar-refractivity contribution in [3.63, 3.8) is 0 Å². The van der Waals surface area contributed by atoms with Gasteiger partial charge < -0.3 is 15.3 Å². The maximum atomic E-state index is 12.0. The number of carboxylic acids is 1. The summed E-state index contributed by atoms with van der Waals surface area (Å²) in [5.41, 5.74) is 0.655. The van der Waals surface area contributed by atoms with Crippen LogP contribution in [0.4, 0.5) is 10.5 Å². The number of benzene rings is 1. The van der Waals surface area contributed by atoms with Crippen molar-refractivity contribution >= 4 is 28.5 Å². The third-order valence-electron chi connectivity index (χ3n) is 2.93. The number of aliphatic carboxylic acids is 1. The third kappa shape index (κ3) is 3.23. The normalized spacial score (nSPS) is 10.2. The topological polar surface area (TPSA) is 82.5 Å². The van der Waals surface area contributed by atoms with Crippen LogP contribution in [0.3, 0.4) is 0 Å². The Balaban J connectivity index is 2.12. The minimum Gasteiger partial charge on any atom is -0.481 e. The van der Waals surface area contributed by atoms with E-state index in [9.17, 15) is 9.59 Å². The van der Waals surface area contributed by atoms with Crippen LogP contribution in [-0.2, 0) is 4.79 Å². The summed E-state index contributed by atoms with van der Waals surface area (Å²) in [4.78, 5) is 27.8. The molecular formula is C14H15N3O3. The monoisotopic (exact) mass is 273 g/mol. The zero-order chi connectivity index (χ0) is 14.5. The number of hydrogen-bond acceptors (Lipinski definition) is 3. The molecule has 2 amide bonds. The number of carboxylic acid groups (broad SMARTS) is 1. The van der Waals surface area contributed by atoms with Gasteiger partial charge in [0.2, 0.25) is 0 Å². The lowest BCUT2D eigenvalue weighted by Gasteiger charge is -2.17. The molecule has 1 aromatic heterocycles.